The van der Waals surface area contributed by atoms with Crippen LogP contribution in [0.15, 0.2) is 28.7 Å². The molecule has 5 heteroatoms. The molecule has 0 aromatic heterocycles. The lowest BCUT2D eigenvalue weighted by Crippen LogP contribution is -2.42. The minimum Gasteiger partial charge on any atom is -0.351 e. The zero-order chi connectivity index (χ0) is 13.0. The molecule has 0 aliphatic carbocycles. The second kappa shape index (κ2) is 7.27. The lowest BCUT2D eigenvalue weighted by atomic mass is 9.81. The Morgan fingerprint density at radius 3 is 2.74 bits per heavy atom. The van der Waals surface area contributed by atoms with Gasteiger partial charge in [0.1, 0.15) is 0 Å². The van der Waals surface area contributed by atoms with Crippen molar-refractivity contribution in [3.05, 3.63) is 34.3 Å². The SMILES string of the molecule is CC1(CNC(=O)c2cccc(Br)c2)CCNCC1.Cl. The van der Waals surface area contributed by atoms with Gasteiger partial charge in [0.15, 0.2) is 0 Å². The summed E-state index contributed by atoms with van der Waals surface area (Å²) in [5, 5.41) is 6.40. The third-order valence-corrected chi connectivity index (χ3v) is 4.07. The Morgan fingerprint density at radius 1 is 1.42 bits per heavy atom. The van der Waals surface area contributed by atoms with Crippen LogP contribution in [-0.4, -0.2) is 25.5 Å². The first-order valence-corrected chi connectivity index (χ1v) is 7.13. The average Bonchev–Trinajstić information content (AvgIpc) is 2.37. The summed E-state index contributed by atoms with van der Waals surface area (Å²) in [6.07, 6.45) is 2.23. The number of hydrogen-bond acceptors (Lipinski definition) is 2. The van der Waals surface area contributed by atoms with Crippen LogP contribution in [0.4, 0.5) is 0 Å². The fraction of sp³-hybridized carbons (Fsp3) is 0.500. The number of nitrogens with one attached hydrogen (secondary N) is 2. The maximum Gasteiger partial charge on any atom is 0.251 e. The zero-order valence-corrected chi connectivity index (χ0v) is 13.4. The van der Waals surface area contributed by atoms with Crippen molar-refractivity contribution in [1.82, 2.24) is 10.6 Å². The summed E-state index contributed by atoms with van der Waals surface area (Å²) in [4.78, 5) is 12.0. The van der Waals surface area contributed by atoms with Crippen LogP contribution in [0, 0.1) is 5.41 Å². The van der Waals surface area contributed by atoms with E-state index < -0.39 is 0 Å². The van der Waals surface area contributed by atoms with Crippen molar-refractivity contribution in [2.45, 2.75) is 19.8 Å². The quantitative estimate of drug-likeness (QED) is 0.882. The summed E-state index contributed by atoms with van der Waals surface area (Å²) in [6, 6.07) is 7.49. The molecule has 2 N–H and O–H groups in total. The lowest BCUT2D eigenvalue weighted by Gasteiger charge is -2.34. The first-order chi connectivity index (χ1) is 8.59. The van der Waals surface area contributed by atoms with Crippen LogP contribution in [0.3, 0.4) is 0 Å². The predicted octanol–water partition coefficient (Wildman–Crippen LogP) is 2.99. The van der Waals surface area contributed by atoms with Crippen molar-refractivity contribution in [2.24, 2.45) is 5.41 Å². The number of carbonyl (C=O) groups is 1. The number of piperidine rings is 1. The maximum atomic E-state index is 12.0. The molecule has 1 aliphatic rings. The van der Waals surface area contributed by atoms with Gasteiger partial charge in [0.2, 0.25) is 0 Å². The van der Waals surface area contributed by atoms with E-state index in [1.54, 1.807) is 0 Å². The summed E-state index contributed by atoms with van der Waals surface area (Å²) in [6.45, 7) is 5.08. The molecule has 0 radical (unpaired) electrons. The molecule has 0 unspecified atom stereocenters. The van der Waals surface area contributed by atoms with Crippen molar-refractivity contribution in [2.75, 3.05) is 19.6 Å². The Balaban J connectivity index is 0.00000180. The van der Waals surface area contributed by atoms with Crippen LogP contribution in [0.5, 0.6) is 0 Å². The summed E-state index contributed by atoms with van der Waals surface area (Å²) in [5.74, 6) is 0.0102. The fourth-order valence-corrected chi connectivity index (χ4v) is 2.63. The Bertz CT molecular complexity index is 433. The van der Waals surface area contributed by atoms with Gasteiger partial charge in [-0.15, -0.1) is 12.4 Å². The molecule has 0 spiro atoms. The molecule has 1 aliphatic heterocycles. The highest BCUT2D eigenvalue weighted by Gasteiger charge is 2.27. The topological polar surface area (TPSA) is 41.1 Å². The second-order valence-corrected chi connectivity index (χ2v) is 6.17. The lowest BCUT2D eigenvalue weighted by molar-refractivity contribution is 0.0922. The molecule has 1 heterocycles. The molecule has 1 amide bonds. The highest BCUT2D eigenvalue weighted by atomic mass is 79.9. The van der Waals surface area contributed by atoms with E-state index >= 15 is 0 Å². The molecule has 1 saturated heterocycles. The van der Waals surface area contributed by atoms with E-state index in [-0.39, 0.29) is 23.7 Å². The van der Waals surface area contributed by atoms with Crippen molar-refractivity contribution >= 4 is 34.2 Å². The van der Waals surface area contributed by atoms with Gasteiger partial charge in [-0.1, -0.05) is 28.9 Å². The highest BCUT2D eigenvalue weighted by molar-refractivity contribution is 9.10. The largest absolute Gasteiger partial charge is 0.351 e. The van der Waals surface area contributed by atoms with E-state index in [1.807, 2.05) is 24.3 Å². The number of amides is 1. The van der Waals surface area contributed by atoms with Gasteiger partial charge in [0, 0.05) is 16.6 Å². The van der Waals surface area contributed by atoms with Crippen molar-refractivity contribution < 1.29 is 4.79 Å². The average molecular weight is 348 g/mol. The summed E-state index contributed by atoms with van der Waals surface area (Å²) < 4.78 is 0.934. The third kappa shape index (κ3) is 4.79. The minimum atomic E-state index is 0. The molecule has 19 heavy (non-hydrogen) atoms. The molecule has 106 valence electrons. The number of hydrogen-bond donors (Lipinski definition) is 2. The molecular weight excluding hydrogens is 328 g/mol. The van der Waals surface area contributed by atoms with Crippen molar-refractivity contribution in [3.63, 3.8) is 0 Å². The van der Waals surface area contributed by atoms with Crippen molar-refractivity contribution in [3.8, 4) is 0 Å². The summed E-state index contributed by atoms with van der Waals surface area (Å²) >= 11 is 3.38. The van der Waals surface area contributed by atoms with Gasteiger partial charge in [-0.25, -0.2) is 0 Å². The summed E-state index contributed by atoms with van der Waals surface area (Å²) in [5.41, 5.74) is 0.939. The normalized spacial score (nSPS) is 17.4. The number of carbonyl (C=O) groups excluding carboxylic acids is 1. The predicted molar refractivity (Wildman–Crippen MR) is 83.9 cm³/mol. The van der Waals surface area contributed by atoms with Crippen molar-refractivity contribution in [1.29, 1.82) is 0 Å². The second-order valence-electron chi connectivity index (χ2n) is 5.25. The molecule has 0 saturated carbocycles. The van der Waals surface area contributed by atoms with Crippen LogP contribution in [0.1, 0.15) is 30.1 Å². The third-order valence-electron chi connectivity index (χ3n) is 3.57. The van der Waals surface area contributed by atoms with E-state index in [9.17, 15) is 4.79 Å². The molecule has 1 aromatic rings. The van der Waals surface area contributed by atoms with Gasteiger partial charge in [-0.05, 0) is 49.5 Å². The molecule has 3 nitrogen and oxygen atoms in total. The van der Waals surface area contributed by atoms with E-state index in [0.717, 1.165) is 36.9 Å². The Kier molecular flexibility index (Phi) is 6.30. The molecule has 0 atom stereocenters. The number of benzene rings is 1. The Hall–Kier alpha value is -0.580. The van der Waals surface area contributed by atoms with Crippen LogP contribution >= 0.6 is 28.3 Å². The first-order valence-electron chi connectivity index (χ1n) is 6.34. The molecule has 1 fully saturated rings. The standard InChI is InChI=1S/C14H19BrN2O.ClH/c1-14(5-7-16-8-6-14)10-17-13(18)11-3-2-4-12(15)9-11;/h2-4,9,16H,5-8,10H2,1H3,(H,17,18);1H. The molecule has 2 rings (SSSR count). The van der Waals surface area contributed by atoms with E-state index in [0.29, 0.717) is 5.56 Å². The summed E-state index contributed by atoms with van der Waals surface area (Å²) in [7, 11) is 0. The van der Waals surface area contributed by atoms with Gasteiger partial charge < -0.3 is 10.6 Å². The monoisotopic (exact) mass is 346 g/mol. The van der Waals surface area contributed by atoms with Gasteiger partial charge >= 0.3 is 0 Å². The van der Waals surface area contributed by atoms with Gasteiger partial charge in [-0.2, -0.15) is 0 Å². The first kappa shape index (κ1) is 16.5. The van der Waals surface area contributed by atoms with E-state index in [4.69, 9.17) is 0 Å². The van der Waals surface area contributed by atoms with Crippen LogP contribution in [0.2, 0.25) is 0 Å². The minimum absolute atomic E-state index is 0. The van der Waals surface area contributed by atoms with E-state index in [1.165, 1.54) is 0 Å². The zero-order valence-electron chi connectivity index (χ0n) is 11.0. The van der Waals surface area contributed by atoms with Gasteiger partial charge in [0.05, 0.1) is 0 Å². The molecule has 1 aromatic carbocycles. The maximum absolute atomic E-state index is 12.0. The van der Waals surface area contributed by atoms with Crippen LogP contribution in [-0.2, 0) is 0 Å². The fourth-order valence-electron chi connectivity index (χ4n) is 2.23. The molecule has 0 bridgehead atoms. The highest BCUT2D eigenvalue weighted by Crippen LogP contribution is 2.26. The van der Waals surface area contributed by atoms with Gasteiger partial charge in [-0.3, -0.25) is 4.79 Å². The smallest absolute Gasteiger partial charge is 0.251 e. The Morgan fingerprint density at radius 2 is 2.11 bits per heavy atom. The van der Waals surface area contributed by atoms with Crippen LogP contribution in [0.25, 0.3) is 0 Å². The van der Waals surface area contributed by atoms with E-state index in [2.05, 4.69) is 33.5 Å². The Labute approximate surface area is 129 Å². The number of rotatable bonds is 3. The van der Waals surface area contributed by atoms with Crippen LogP contribution < -0.4 is 10.6 Å². The molecular formula is C14H20BrClN2O. The number of halogens is 2. The van der Waals surface area contributed by atoms with Gasteiger partial charge in [0.25, 0.3) is 5.91 Å².